The SMILES string of the molecule is CC(C)(C)c1ccc([O])cc1C(C)(C)C. The highest BCUT2D eigenvalue weighted by molar-refractivity contribution is 5.42. The van der Waals surface area contributed by atoms with E-state index >= 15 is 0 Å². The Kier molecular flexibility index (Phi) is 2.86. The topological polar surface area (TPSA) is 19.9 Å². The molecule has 1 radical (unpaired) electrons. The third kappa shape index (κ3) is 2.74. The van der Waals surface area contributed by atoms with Crippen molar-refractivity contribution in [1.82, 2.24) is 0 Å². The zero-order valence-corrected chi connectivity index (χ0v) is 10.6. The molecule has 1 rings (SSSR count). The molecule has 0 fully saturated rings. The van der Waals surface area contributed by atoms with E-state index in [-0.39, 0.29) is 16.6 Å². The Bertz CT molecular complexity index is 351. The molecule has 0 aliphatic heterocycles. The normalized spacial score (nSPS) is 12.9. The maximum absolute atomic E-state index is 11.4. The van der Waals surface area contributed by atoms with Crippen LogP contribution in [0.1, 0.15) is 52.7 Å². The van der Waals surface area contributed by atoms with Crippen LogP contribution in [0.5, 0.6) is 5.75 Å². The molecule has 1 aromatic rings. The maximum atomic E-state index is 11.4. The molecule has 0 amide bonds. The molecule has 0 aliphatic carbocycles. The van der Waals surface area contributed by atoms with Crippen molar-refractivity contribution in [2.24, 2.45) is 0 Å². The van der Waals surface area contributed by atoms with Gasteiger partial charge in [0, 0.05) is 0 Å². The van der Waals surface area contributed by atoms with Crippen molar-refractivity contribution in [2.75, 3.05) is 0 Å². The molecule has 15 heavy (non-hydrogen) atoms. The molecule has 0 aliphatic rings. The van der Waals surface area contributed by atoms with Gasteiger partial charge in [-0.3, -0.25) is 5.11 Å². The van der Waals surface area contributed by atoms with Crippen molar-refractivity contribution in [2.45, 2.75) is 52.4 Å². The van der Waals surface area contributed by atoms with Crippen molar-refractivity contribution in [3.63, 3.8) is 0 Å². The number of hydrogen-bond acceptors (Lipinski definition) is 0. The molecular weight excluding hydrogens is 184 g/mol. The van der Waals surface area contributed by atoms with E-state index in [4.69, 9.17) is 0 Å². The van der Waals surface area contributed by atoms with E-state index in [1.807, 2.05) is 6.07 Å². The van der Waals surface area contributed by atoms with Gasteiger partial charge in [-0.1, -0.05) is 47.6 Å². The van der Waals surface area contributed by atoms with Gasteiger partial charge in [-0.25, -0.2) is 0 Å². The number of hydrogen-bond donors (Lipinski definition) is 0. The van der Waals surface area contributed by atoms with Crippen LogP contribution in [-0.2, 0) is 15.9 Å². The minimum Gasteiger partial charge on any atom is -0.290 e. The zero-order chi connectivity index (χ0) is 11.9. The predicted octanol–water partition coefficient (Wildman–Crippen LogP) is 4.43. The quantitative estimate of drug-likeness (QED) is 0.597. The predicted molar refractivity (Wildman–Crippen MR) is 64.0 cm³/mol. The first-order valence-corrected chi connectivity index (χ1v) is 5.44. The van der Waals surface area contributed by atoms with Gasteiger partial charge in [0.25, 0.3) is 0 Å². The Balaban J connectivity index is 3.41. The molecule has 0 heterocycles. The summed E-state index contributed by atoms with van der Waals surface area (Å²) < 4.78 is 0. The lowest BCUT2D eigenvalue weighted by molar-refractivity contribution is 0.352. The Morgan fingerprint density at radius 3 is 1.67 bits per heavy atom. The van der Waals surface area contributed by atoms with Crippen LogP contribution in [0, 0.1) is 0 Å². The average Bonchev–Trinajstić information content (AvgIpc) is 2.00. The second-order valence-electron chi connectivity index (χ2n) is 6.21. The maximum Gasteiger partial charge on any atom is 0.178 e. The molecule has 0 N–H and O–H groups in total. The van der Waals surface area contributed by atoms with Crippen LogP contribution in [0.4, 0.5) is 0 Å². The Morgan fingerprint density at radius 2 is 1.27 bits per heavy atom. The van der Waals surface area contributed by atoms with Crippen molar-refractivity contribution in [3.8, 4) is 5.75 Å². The van der Waals surface area contributed by atoms with Crippen LogP contribution in [-0.4, -0.2) is 0 Å². The zero-order valence-electron chi connectivity index (χ0n) is 10.6. The molecule has 0 bridgehead atoms. The second-order valence-corrected chi connectivity index (χ2v) is 6.21. The molecule has 0 saturated carbocycles. The van der Waals surface area contributed by atoms with Gasteiger partial charge in [-0.2, -0.15) is 0 Å². The van der Waals surface area contributed by atoms with Gasteiger partial charge in [0.2, 0.25) is 0 Å². The van der Waals surface area contributed by atoms with Gasteiger partial charge in [0.1, 0.15) is 0 Å². The Hall–Kier alpha value is -0.980. The van der Waals surface area contributed by atoms with Crippen LogP contribution < -0.4 is 0 Å². The fourth-order valence-corrected chi connectivity index (χ4v) is 1.80. The molecule has 0 saturated heterocycles. The lowest BCUT2D eigenvalue weighted by atomic mass is 9.75. The van der Waals surface area contributed by atoms with Gasteiger partial charge in [0.05, 0.1) is 0 Å². The molecule has 0 spiro atoms. The fraction of sp³-hybridized carbons (Fsp3) is 0.571. The van der Waals surface area contributed by atoms with Gasteiger partial charge in [-0.05, 0) is 34.1 Å². The van der Waals surface area contributed by atoms with E-state index < -0.39 is 0 Å². The molecule has 1 heteroatoms. The number of benzene rings is 1. The summed E-state index contributed by atoms with van der Waals surface area (Å²) in [6.45, 7) is 13.0. The van der Waals surface area contributed by atoms with Gasteiger partial charge < -0.3 is 0 Å². The molecule has 83 valence electrons. The highest BCUT2D eigenvalue weighted by Gasteiger charge is 2.25. The van der Waals surface area contributed by atoms with Crippen LogP contribution in [0.15, 0.2) is 18.2 Å². The average molecular weight is 205 g/mol. The van der Waals surface area contributed by atoms with E-state index in [0.29, 0.717) is 0 Å². The summed E-state index contributed by atoms with van der Waals surface area (Å²) in [6, 6.07) is 5.42. The van der Waals surface area contributed by atoms with E-state index in [0.717, 1.165) is 0 Å². The number of rotatable bonds is 0. The third-order valence-electron chi connectivity index (χ3n) is 2.61. The lowest BCUT2D eigenvalue weighted by Crippen LogP contribution is -2.21. The summed E-state index contributed by atoms with van der Waals surface area (Å²) in [5, 5.41) is 11.4. The van der Waals surface area contributed by atoms with E-state index in [9.17, 15) is 5.11 Å². The summed E-state index contributed by atoms with van der Waals surface area (Å²) in [6.07, 6.45) is 0. The van der Waals surface area contributed by atoms with Crippen molar-refractivity contribution < 1.29 is 5.11 Å². The van der Waals surface area contributed by atoms with E-state index in [1.54, 1.807) is 12.1 Å². The highest BCUT2D eigenvalue weighted by atomic mass is 16.3. The summed E-state index contributed by atoms with van der Waals surface area (Å²) in [7, 11) is 0. The van der Waals surface area contributed by atoms with Crippen LogP contribution >= 0.6 is 0 Å². The van der Waals surface area contributed by atoms with E-state index in [2.05, 4.69) is 41.5 Å². The smallest absolute Gasteiger partial charge is 0.178 e. The van der Waals surface area contributed by atoms with Crippen molar-refractivity contribution >= 4 is 0 Å². The second kappa shape index (κ2) is 3.55. The Labute approximate surface area is 93.1 Å². The van der Waals surface area contributed by atoms with Crippen LogP contribution in [0.3, 0.4) is 0 Å². The van der Waals surface area contributed by atoms with Gasteiger partial charge in [-0.15, -0.1) is 0 Å². The molecule has 1 aromatic carbocycles. The first-order chi connectivity index (χ1) is 6.62. The molecule has 0 aromatic heterocycles. The van der Waals surface area contributed by atoms with Gasteiger partial charge in [0.15, 0.2) is 5.75 Å². The fourth-order valence-electron chi connectivity index (χ4n) is 1.80. The van der Waals surface area contributed by atoms with Crippen molar-refractivity contribution in [3.05, 3.63) is 29.3 Å². The minimum atomic E-state index is 0.0308. The summed E-state index contributed by atoms with van der Waals surface area (Å²) >= 11 is 0. The third-order valence-corrected chi connectivity index (χ3v) is 2.61. The molecule has 1 nitrogen and oxygen atoms in total. The lowest BCUT2D eigenvalue weighted by Gasteiger charge is -2.29. The monoisotopic (exact) mass is 205 g/mol. The summed E-state index contributed by atoms with van der Waals surface area (Å²) in [5.74, 6) is 0.105. The highest BCUT2D eigenvalue weighted by Crippen LogP contribution is 2.35. The molecule has 0 unspecified atom stereocenters. The minimum absolute atomic E-state index is 0.0308. The van der Waals surface area contributed by atoms with Crippen LogP contribution in [0.25, 0.3) is 0 Å². The van der Waals surface area contributed by atoms with Gasteiger partial charge >= 0.3 is 0 Å². The van der Waals surface area contributed by atoms with Crippen molar-refractivity contribution in [1.29, 1.82) is 0 Å². The first kappa shape index (κ1) is 12.1. The van der Waals surface area contributed by atoms with Crippen LogP contribution in [0.2, 0.25) is 0 Å². The summed E-state index contributed by atoms with van der Waals surface area (Å²) in [5.41, 5.74) is 2.57. The molecular formula is C14H21O. The molecule has 0 atom stereocenters. The summed E-state index contributed by atoms with van der Waals surface area (Å²) in [4.78, 5) is 0. The Morgan fingerprint density at radius 1 is 0.800 bits per heavy atom. The standard InChI is InChI=1S/C14H21O/c1-13(2,3)11-8-7-10(15)9-12(11)14(4,5)6/h7-9H,1-6H3. The largest absolute Gasteiger partial charge is 0.290 e. The first-order valence-electron chi connectivity index (χ1n) is 5.44. The van der Waals surface area contributed by atoms with E-state index in [1.165, 1.54) is 11.1 Å².